The Bertz CT molecular complexity index is 790. The van der Waals surface area contributed by atoms with E-state index in [9.17, 15) is 4.39 Å². The molecule has 0 radical (unpaired) electrons. The summed E-state index contributed by atoms with van der Waals surface area (Å²) in [5, 5.41) is 10.6. The van der Waals surface area contributed by atoms with E-state index in [4.69, 9.17) is 22.6 Å². The van der Waals surface area contributed by atoms with E-state index in [1.165, 1.54) is 12.3 Å². The van der Waals surface area contributed by atoms with Crippen molar-refractivity contribution >= 4 is 39.5 Å². The van der Waals surface area contributed by atoms with Crippen molar-refractivity contribution in [3.8, 4) is 0 Å². The van der Waals surface area contributed by atoms with Gasteiger partial charge >= 0.3 is 0 Å². The summed E-state index contributed by atoms with van der Waals surface area (Å²) in [7, 11) is 0. The second-order valence-corrected chi connectivity index (χ2v) is 6.03. The number of nitrogens with one attached hydrogen (secondary N) is 2. The van der Waals surface area contributed by atoms with Crippen LogP contribution in [0.25, 0.3) is 0 Å². The highest BCUT2D eigenvalue weighted by atomic mass is 79.9. The van der Waals surface area contributed by atoms with Crippen LogP contribution in [0.2, 0.25) is 0 Å². The topological polar surface area (TPSA) is 127 Å². The van der Waals surface area contributed by atoms with Gasteiger partial charge in [0.1, 0.15) is 17.5 Å². The molecule has 1 heterocycles. The molecular formula is C16H18BrFN6. The molecule has 0 atom stereocenters. The number of rotatable bonds is 6. The minimum absolute atomic E-state index is 0.179. The van der Waals surface area contributed by atoms with Crippen molar-refractivity contribution in [2.24, 2.45) is 0 Å². The fourth-order valence-electron chi connectivity index (χ4n) is 2.11. The summed E-state index contributed by atoms with van der Waals surface area (Å²) in [4.78, 5) is 3.89. The van der Waals surface area contributed by atoms with Crippen LogP contribution >= 0.6 is 15.9 Å². The molecule has 8 heteroatoms. The zero-order chi connectivity index (χ0) is 17.7. The third kappa shape index (κ3) is 4.45. The van der Waals surface area contributed by atoms with Crippen molar-refractivity contribution in [1.29, 1.82) is 5.41 Å². The van der Waals surface area contributed by atoms with Gasteiger partial charge < -0.3 is 27.9 Å². The normalized spacial score (nSPS) is 11.3. The summed E-state index contributed by atoms with van der Waals surface area (Å²) in [5.41, 5.74) is 19.9. The van der Waals surface area contributed by atoms with Crippen molar-refractivity contribution in [2.75, 3.05) is 17.2 Å². The highest BCUT2D eigenvalue weighted by Gasteiger charge is 2.08. The van der Waals surface area contributed by atoms with Crippen LogP contribution in [0.3, 0.4) is 0 Å². The lowest BCUT2D eigenvalue weighted by Crippen LogP contribution is -2.10. The summed E-state index contributed by atoms with van der Waals surface area (Å²) in [6, 6.07) is 6.42. The van der Waals surface area contributed by atoms with E-state index in [2.05, 4.69) is 26.2 Å². The van der Waals surface area contributed by atoms with Crippen LogP contribution in [0.5, 0.6) is 0 Å². The molecular weight excluding hydrogens is 375 g/mol. The van der Waals surface area contributed by atoms with Crippen molar-refractivity contribution in [1.82, 2.24) is 10.3 Å². The highest BCUT2D eigenvalue weighted by molar-refractivity contribution is 9.10. The van der Waals surface area contributed by atoms with E-state index in [0.717, 1.165) is 5.56 Å². The fourth-order valence-corrected chi connectivity index (χ4v) is 2.54. The van der Waals surface area contributed by atoms with Gasteiger partial charge in [-0.15, -0.1) is 0 Å². The largest absolute Gasteiger partial charge is 0.396 e. The van der Waals surface area contributed by atoms with Gasteiger partial charge in [-0.1, -0.05) is 6.07 Å². The summed E-state index contributed by atoms with van der Waals surface area (Å²) < 4.78 is 13.6. The van der Waals surface area contributed by atoms with E-state index in [-0.39, 0.29) is 17.5 Å². The molecule has 2 rings (SSSR count). The first kappa shape index (κ1) is 17.7. The molecule has 0 bridgehead atoms. The van der Waals surface area contributed by atoms with Gasteiger partial charge in [0, 0.05) is 25.4 Å². The average Bonchev–Trinajstić information content (AvgIpc) is 2.54. The monoisotopic (exact) mass is 392 g/mol. The van der Waals surface area contributed by atoms with Gasteiger partial charge in [-0.2, -0.15) is 0 Å². The number of nitrogens with zero attached hydrogens (tertiary/aromatic N) is 1. The summed E-state index contributed by atoms with van der Waals surface area (Å²) in [6.07, 6.45) is 3.32. The third-order valence-corrected chi connectivity index (χ3v) is 3.96. The number of benzene rings is 1. The number of nitrogen functional groups attached to an aromatic ring is 3. The van der Waals surface area contributed by atoms with Gasteiger partial charge in [-0.3, -0.25) is 0 Å². The molecule has 0 saturated heterocycles. The van der Waals surface area contributed by atoms with Gasteiger partial charge in [0.2, 0.25) is 0 Å². The van der Waals surface area contributed by atoms with Crippen LogP contribution in [0, 0.1) is 11.2 Å². The molecule has 0 aliphatic heterocycles. The second-order valence-electron chi connectivity index (χ2n) is 5.17. The van der Waals surface area contributed by atoms with Gasteiger partial charge in [0.05, 0.1) is 10.2 Å². The van der Waals surface area contributed by atoms with Gasteiger partial charge in [0.15, 0.2) is 0 Å². The Morgan fingerprint density at radius 3 is 2.71 bits per heavy atom. The Balaban J connectivity index is 2.07. The second kappa shape index (κ2) is 7.78. The van der Waals surface area contributed by atoms with E-state index in [1.807, 2.05) is 0 Å². The Hall–Kier alpha value is -2.61. The predicted octanol–water partition coefficient (Wildman–Crippen LogP) is 2.60. The third-order valence-electron chi connectivity index (χ3n) is 3.35. The number of hydrogen-bond acceptors (Lipinski definition) is 6. The Morgan fingerprint density at radius 2 is 2.04 bits per heavy atom. The highest BCUT2D eigenvalue weighted by Crippen LogP contribution is 2.22. The molecule has 24 heavy (non-hydrogen) atoms. The molecule has 126 valence electrons. The maximum atomic E-state index is 13.2. The predicted molar refractivity (Wildman–Crippen MR) is 99.0 cm³/mol. The first-order valence-electron chi connectivity index (χ1n) is 7.08. The Kier molecular flexibility index (Phi) is 5.75. The van der Waals surface area contributed by atoms with Gasteiger partial charge in [-0.25, -0.2) is 9.37 Å². The zero-order valence-corrected chi connectivity index (χ0v) is 14.4. The minimum atomic E-state index is -0.308. The zero-order valence-electron chi connectivity index (χ0n) is 12.8. The van der Waals surface area contributed by atoms with E-state index in [0.29, 0.717) is 34.3 Å². The van der Waals surface area contributed by atoms with E-state index < -0.39 is 0 Å². The molecule has 1 aromatic heterocycles. The van der Waals surface area contributed by atoms with Gasteiger partial charge in [0.25, 0.3) is 0 Å². The molecule has 0 unspecified atom stereocenters. The Labute approximate surface area is 147 Å². The number of hydrogen-bond donors (Lipinski definition) is 5. The van der Waals surface area contributed by atoms with Crippen molar-refractivity contribution in [2.45, 2.75) is 13.0 Å². The quantitative estimate of drug-likeness (QED) is 0.482. The van der Waals surface area contributed by atoms with Crippen molar-refractivity contribution < 1.29 is 4.39 Å². The van der Waals surface area contributed by atoms with Crippen LogP contribution in [0.15, 0.2) is 40.5 Å². The standard InChI is InChI=1S/C16H18BrFN6/c17-12-4-9(1-2-13(12)18)7-23-8-10(6-19)3-11-5-14(20)24-16(22)15(11)21/h1-2,4-6,8,19,23H,3,7,21H2,(H4,20,22,24)/b10-8-,19-6?. The Morgan fingerprint density at radius 1 is 1.29 bits per heavy atom. The number of allylic oxidation sites excluding steroid dienone is 1. The lowest BCUT2D eigenvalue weighted by molar-refractivity contribution is 0.619. The van der Waals surface area contributed by atoms with Crippen LogP contribution in [0.1, 0.15) is 11.1 Å². The number of nitrogens with two attached hydrogens (primary N) is 3. The summed E-state index contributed by atoms with van der Waals surface area (Å²) >= 11 is 3.15. The number of aromatic nitrogens is 1. The minimum Gasteiger partial charge on any atom is -0.396 e. The molecule has 8 N–H and O–H groups in total. The number of pyridine rings is 1. The van der Waals surface area contributed by atoms with Crippen molar-refractivity contribution in [3.63, 3.8) is 0 Å². The maximum absolute atomic E-state index is 13.2. The molecule has 0 fully saturated rings. The molecule has 0 amide bonds. The fraction of sp³-hybridized carbons (Fsp3) is 0.125. The molecule has 1 aromatic carbocycles. The molecule has 0 spiro atoms. The lowest BCUT2D eigenvalue weighted by Gasteiger charge is -2.10. The van der Waals surface area contributed by atoms with Crippen LogP contribution in [0.4, 0.5) is 21.7 Å². The molecule has 0 aliphatic rings. The molecule has 2 aromatic rings. The summed E-state index contributed by atoms with van der Waals surface area (Å²) in [6.45, 7) is 0.492. The average molecular weight is 393 g/mol. The van der Waals surface area contributed by atoms with Crippen LogP contribution in [-0.4, -0.2) is 11.2 Å². The van der Waals surface area contributed by atoms with Crippen LogP contribution < -0.4 is 22.5 Å². The van der Waals surface area contributed by atoms with Crippen molar-refractivity contribution in [3.05, 3.63) is 57.5 Å². The van der Waals surface area contributed by atoms with E-state index >= 15 is 0 Å². The smallest absolute Gasteiger partial charge is 0.149 e. The SMILES string of the molecule is N=C/C(=C\NCc1ccc(F)c(Br)c1)Cc1cc(N)nc(N)c1N. The number of halogens is 2. The summed E-state index contributed by atoms with van der Waals surface area (Å²) in [5.74, 6) is 0.154. The van der Waals surface area contributed by atoms with Crippen LogP contribution in [-0.2, 0) is 13.0 Å². The van der Waals surface area contributed by atoms with E-state index in [1.54, 1.807) is 24.4 Å². The molecule has 0 aliphatic carbocycles. The molecule has 0 saturated carbocycles. The first-order chi connectivity index (χ1) is 11.4. The van der Waals surface area contributed by atoms with Gasteiger partial charge in [-0.05, 0) is 50.8 Å². The first-order valence-corrected chi connectivity index (χ1v) is 7.87. The number of anilines is 3. The maximum Gasteiger partial charge on any atom is 0.149 e. The molecule has 6 nitrogen and oxygen atoms in total. The lowest BCUT2D eigenvalue weighted by atomic mass is 10.1.